The molecule has 0 radical (unpaired) electrons. The third-order valence-electron chi connectivity index (χ3n) is 2.37. The van der Waals surface area contributed by atoms with Crippen LogP contribution in [0.2, 0.25) is 5.02 Å². The summed E-state index contributed by atoms with van der Waals surface area (Å²) in [6.07, 6.45) is 3.54. The van der Waals surface area contributed by atoms with Crippen molar-refractivity contribution in [3.63, 3.8) is 0 Å². The lowest BCUT2D eigenvalue weighted by Gasteiger charge is -2.14. The van der Waals surface area contributed by atoms with Crippen LogP contribution in [-0.2, 0) is 9.53 Å². The van der Waals surface area contributed by atoms with Crippen molar-refractivity contribution in [3.05, 3.63) is 35.1 Å². The van der Waals surface area contributed by atoms with Crippen molar-refractivity contribution < 1.29 is 14.6 Å². The number of nitrogens with one attached hydrogen (secondary N) is 1. The Kier molecular flexibility index (Phi) is 3.54. The van der Waals surface area contributed by atoms with E-state index in [0.717, 1.165) is 12.8 Å². The summed E-state index contributed by atoms with van der Waals surface area (Å²) in [4.78, 5) is 11.8. The van der Waals surface area contributed by atoms with Crippen LogP contribution < -0.4 is 5.32 Å². The number of hydrogen-bond donors (Lipinski definition) is 2. The van der Waals surface area contributed by atoms with Gasteiger partial charge in [-0.15, -0.1) is 0 Å². The van der Waals surface area contributed by atoms with Crippen LogP contribution in [0.3, 0.4) is 0 Å². The minimum absolute atomic E-state index is 0.0159. The first-order valence-electron chi connectivity index (χ1n) is 5.29. The van der Waals surface area contributed by atoms with E-state index in [9.17, 15) is 9.90 Å². The first-order valence-corrected chi connectivity index (χ1v) is 5.67. The molecule has 2 rings (SSSR count). The van der Waals surface area contributed by atoms with Crippen molar-refractivity contribution in [3.8, 4) is 5.75 Å². The lowest BCUT2D eigenvalue weighted by molar-refractivity contribution is -0.116. The second kappa shape index (κ2) is 5.10. The Morgan fingerprint density at radius 3 is 2.94 bits per heavy atom. The summed E-state index contributed by atoms with van der Waals surface area (Å²) in [7, 11) is 0. The smallest absolute Gasteiger partial charge is 0.290 e. The molecule has 2 N–H and O–H groups in total. The quantitative estimate of drug-likeness (QED) is 0.797. The highest BCUT2D eigenvalue weighted by atomic mass is 35.5. The molecule has 5 heteroatoms. The molecule has 1 aliphatic heterocycles. The van der Waals surface area contributed by atoms with Gasteiger partial charge in [-0.05, 0) is 37.1 Å². The van der Waals surface area contributed by atoms with E-state index in [0.29, 0.717) is 18.1 Å². The van der Waals surface area contributed by atoms with Gasteiger partial charge in [-0.2, -0.15) is 0 Å². The predicted molar refractivity (Wildman–Crippen MR) is 65.0 cm³/mol. The number of allylic oxidation sites excluding steroid dienone is 1. The monoisotopic (exact) mass is 253 g/mol. The molecule has 0 aliphatic carbocycles. The van der Waals surface area contributed by atoms with E-state index < -0.39 is 0 Å². The van der Waals surface area contributed by atoms with Gasteiger partial charge in [0.2, 0.25) is 0 Å². The zero-order valence-corrected chi connectivity index (χ0v) is 9.83. The number of halogens is 1. The molecule has 1 aromatic rings. The molecule has 0 fully saturated rings. The zero-order valence-electron chi connectivity index (χ0n) is 9.07. The van der Waals surface area contributed by atoms with Crippen molar-refractivity contribution in [2.75, 3.05) is 11.9 Å². The molecular weight excluding hydrogens is 242 g/mol. The van der Waals surface area contributed by atoms with Crippen LogP contribution in [-0.4, -0.2) is 17.6 Å². The molecule has 1 amide bonds. The largest absolute Gasteiger partial charge is 0.506 e. The van der Waals surface area contributed by atoms with Gasteiger partial charge in [0.05, 0.1) is 11.6 Å². The van der Waals surface area contributed by atoms with E-state index in [1.54, 1.807) is 12.1 Å². The second-order valence-electron chi connectivity index (χ2n) is 3.68. The number of hydrogen-bond acceptors (Lipinski definition) is 3. The van der Waals surface area contributed by atoms with E-state index in [-0.39, 0.29) is 16.7 Å². The number of carbonyl (C=O) groups excluding carboxylic acids is 1. The Balaban J connectivity index is 2.07. The fraction of sp³-hybridized carbons (Fsp3) is 0.250. The van der Waals surface area contributed by atoms with Crippen LogP contribution in [0.15, 0.2) is 30.0 Å². The van der Waals surface area contributed by atoms with Crippen LogP contribution in [0, 0.1) is 0 Å². The van der Waals surface area contributed by atoms with Gasteiger partial charge in [0.15, 0.2) is 5.76 Å². The summed E-state index contributed by atoms with van der Waals surface area (Å²) >= 11 is 5.74. The summed E-state index contributed by atoms with van der Waals surface area (Å²) in [5.74, 6) is 0.0182. The Morgan fingerprint density at radius 1 is 1.47 bits per heavy atom. The van der Waals surface area contributed by atoms with Gasteiger partial charge < -0.3 is 15.2 Å². The van der Waals surface area contributed by atoms with Crippen LogP contribution in [0.5, 0.6) is 5.75 Å². The number of anilines is 1. The molecule has 1 aliphatic rings. The summed E-state index contributed by atoms with van der Waals surface area (Å²) in [6.45, 7) is 0.565. The van der Waals surface area contributed by atoms with Crippen molar-refractivity contribution in [2.45, 2.75) is 12.8 Å². The first-order chi connectivity index (χ1) is 8.16. The Morgan fingerprint density at radius 2 is 2.29 bits per heavy atom. The van der Waals surface area contributed by atoms with E-state index in [1.165, 1.54) is 12.1 Å². The average molecular weight is 254 g/mol. The van der Waals surface area contributed by atoms with Gasteiger partial charge in [-0.3, -0.25) is 4.79 Å². The molecule has 0 spiro atoms. The highest BCUT2D eigenvalue weighted by Crippen LogP contribution is 2.26. The van der Waals surface area contributed by atoms with Gasteiger partial charge in [-0.25, -0.2) is 0 Å². The molecule has 17 heavy (non-hydrogen) atoms. The lowest BCUT2D eigenvalue weighted by Crippen LogP contribution is -2.18. The van der Waals surface area contributed by atoms with Crippen molar-refractivity contribution in [1.82, 2.24) is 0 Å². The summed E-state index contributed by atoms with van der Waals surface area (Å²) in [5, 5.41) is 12.1. The molecule has 0 bridgehead atoms. The van der Waals surface area contributed by atoms with Gasteiger partial charge >= 0.3 is 0 Å². The minimum Gasteiger partial charge on any atom is -0.506 e. The van der Waals surface area contributed by atoms with Crippen molar-refractivity contribution in [2.24, 2.45) is 0 Å². The van der Waals surface area contributed by atoms with Crippen LogP contribution >= 0.6 is 11.6 Å². The molecule has 0 aromatic heterocycles. The number of ether oxygens (including phenoxy) is 1. The highest BCUT2D eigenvalue weighted by molar-refractivity contribution is 6.32. The number of benzene rings is 1. The number of amides is 1. The number of phenols is 1. The van der Waals surface area contributed by atoms with Gasteiger partial charge in [0.1, 0.15) is 5.75 Å². The van der Waals surface area contributed by atoms with Crippen LogP contribution in [0.1, 0.15) is 12.8 Å². The third-order valence-corrected chi connectivity index (χ3v) is 2.67. The van der Waals surface area contributed by atoms with Gasteiger partial charge in [0.25, 0.3) is 5.91 Å². The lowest BCUT2D eigenvalue weighted by atomic mass is 10.2. The molecular formula is C12H12ClNO3. The first kappa shape index (κ1) is 11.8. The summed E-state index contributed by atoms with van der Waals surface area (Å²) in [5.41, 5.74) is 0.521. The predicted octanol–water partition coefficient (Wildman–Crippen LogP) is 2.68. The Labute approximate surface area is 104 Å². The summed E-state index contributed by atoms with van der Waals surface area (Å²) < 4.78 is 5.23. The van der Waals surface area contributed by atoms with E-state index >= 15 is 0 Å². The molecule has 90 valence electrons. The molecule has 1 aromatic carbocycles. The second-order valence-corrected chi connectivity index (χ2v) is 4.09. The van der Waals surface area contributed by atoms with E-state index in [2.05, 4.69) is 5.32 Å². The van der Waals surface area contributed by atoms with Gasteiger partial charge in [0, 0.05) is 5.69 Å². The zero-order chi connectivity index (χ0) is 12.3. The third kappa shape index (κ3) is 2.91. The standard InChI is InChI=1S/C12H12ClNO3/c13-9-7-8(4-5-10(9)15)14-12(16)11-3-1-2-6-17-11/h3-5,7,15H,1-2,6H2,(H,14,16). The maximum atomic E-state index is 11.8. The minimum atomic E-state index is -0.300. The molecule has 0 saturated heterocycles. The molecule has 4 nitrogen and oxygen atoms in total. The summed E-state index contributed by atoms with van der Waals surface area (Å²) in [6, 6.07) is 4.48. The Bertz CT molecular complexity index is 471. The maximum absolute atomic E-state index is 11.8. The molecule has 1 heterocycles. The molecule has 0 saturated carbocycles. The number of rotatable bonds is 2. The SMILES string of the molecule is O=C(Nc1ccc(O)c(Cl)c1)C1=CCCCO1. The highest BCUT2D eigenvalue weighted by Gasteiger charge is 2.14. The number of aromatic hydroxyl groups is 1. The van der Waals surface area contributed by atoms with Crippen molar-refractivity contribution >= 4 is 23.2 Å². The fourth-order valence-electron chi connectivity index (χ4n) is 1.49. The van der Waals surface area contributed by atoms with Gasteiger partial charge in [-0.1, -0.05) is 11.6 Å². The van der Waals surface area contributed by atoms with E-state index in [4.69, 9.17) is 16.3 Å². The molecule has 0 atom stereocenters. The topological polar surface area (TPSA) is 58.6 Å². The Hall–Kier alpha value is -1.68. The van der Waals surface area contributed by atoms with Crippen LogP contribution in [0.25, 0.3) is 0 Å². The van der Waals surface area contributed by atoms with Crippen molar-refractivity contribution in [1.29, 1.82) is 0 Å². The molecule has 0 unspecified atom stereocenters. The fourth-order valence-corrected chi connectivity index (χ4v) is 1.67. The number of carbonyl (C=O) groups is 1. The average Bonchev–Trinajstić information content (AvgIpc) is 2.35. The maximum Gasteiger partial charge on any atom is 0.290 e. The normalized spacial score (nSPS) is 14.8. The number of phenolic OH excluding ortho intramolecular Hbond substituents is 1. The van der Waals surface area contributed by atoms with E-state index in [1.807, 2.05) is 0 Å². The van der Waals surface area contributed by atoms with Crippen LogP contribution in [0.4, 0.5) is 5.69 Å².